The molecule has 0 bridgehead atoms. The zero-order valence-corrected chi connectivity index (χ0v) is 14.3. The third-order valence-corrected chi connectivity index (χ3v) is 4.36. The first-order valence-electron chi connectivity index (χ1n) is 8.08. The molecule has 1 aliphatic rings. The number of aliphatic hydroxyl groups is 1. The van der Waals surface area contributed by atoms with Gasteiger partial charge in [-0.25, -0.2) is 0 Å². The fourth-order valence-corrected chi connectivity index (χ4v) is 2.99. The minimum atomic E-state index is -0.140. The molecule has 1 heterocycles. The van der Waals surface area contributed by atoms with Gasteiger partial charge >= 0.3 is 0 Å². The first-order valence-corrected chi connectivity index (χ1v) is 8.46. The first-order chi connectivity index (χ1) is 11.1. The highest BCUT2D eigenvalue weighted by Crippen LogP contribution is 2.22. The number of hydrogen-bond donors (Lipinski definition) is 2. The fourth-order valence-electron chi connectivity index (χ4n) is 2.79. The summed E-state index contributed by atoms with van der Waals surface area (Å²) in [5.41, 5.74) is 0.794. The monoisotopic (exact) mass is 340 g/mol. The van der Waals surface area contributed by atoms with Crippen LogP contribution in [0.15, 0.2) is 18.2 Å². The number of carbonyl (C=O) groups excluding carboxylic acids is 1. The number of piperidine rings is 1. The summed E-state index contributed by atoms with van der Waals surface area (Å²) in [7, 11) is 1.58. The Hall–Kier alpha value is -1.30. The number of nitrogens with zero attached hydrogens (tertiary/aromatic N) is 1. The molecule has 1 aromatic carbocycles. The second-order valence-corrected chi connectivity index (χ2v) is 6.35. The molecule has 1 saturated heterocycles. The maximum atomic E-state index is 12.0. The predicted octanol–water partition coefficient (Wildman–Crippen LogP) is 1.85. The maximum absolute atomic E-state index is 12.0. The largest absolute Gasteiger partial charge is 0.496 e. The smallest absolute Gasteiger partial charge is 0.224 e. The summed E-state index contributed by atoms with van der Waals surface area (Å²) in [4.78, 5) is 14.4. The van der Waals surface area contributed by atoms with Crippen molar-refractivity contribution in [2.75, 3.05) is 33.3 Å². The van der Waals surface area contributed by atoms with Gasteiger partial charge in [0, 0.05) is 30.2 Å². The Kier molecular flexibility index (Phi) is 7.15. The van der Waals surface area contributed by atoms with Crippen LogP contribution in [-0.2, 0) is 11.2 Å². The van der Waals surface area contributed by atoms with Gasteiger partial charge in [0.05, 0.1) is 19.6 Å². The molecular formula is C17H25ClN2O3. The van der Waals surface area contributed by atoms with E-state index in [1.165, 1.54) is 0 Å². The number of rotatable bonds is 7. The summed E-state index contributed by atoms with van der Waals surface area (Å²) < 4.78 is 5.25. The van der Waals surface area contributed by atoms with Gasteiger partial charge in [0.25, 0.3) is 0 Å². The van der Waals surface area contributed by atoms with Crippen molar-refractivity contribution in [1.82, 2.24) is 10.2 Å². The van der Waals surface area contributed by atoms with E-state index in [1.54, 1.807) is 25.3 Å². The minimum absolute atomic E-state index is 0.0281. The van der Waals surface area contributed by atoms with Crippen LogP contribution < -0.4 is 10.1 Å². The van der Waals surface area contributed by atoms with Crippen LogP contribution in [0.3, 0.4) is 0 Å². The highest BCUT2D eigenvalue weighted by Gasteiger charge is 2.16. The summed E-state index contributed by atoms with van der Waals surface area (Å²) in [5.74, 6) is 0.649. The van der Waals surface area contributed by atoms with Gasteiger partial charge in [0.2, 0.25) is 5.91 Å². The minimum Gasteiger partial charge on any atom is -0.496 e. The van der Waals surface area contributed by atoms with Gasteiger partial charge in [-0.1, -0.05) is 11.6 Å². The lowest BCUT2D eigenvalue weighted by Crippen LogP contribution is -2.37. The normalized spacial score (nSPS) is 16.3. The van der Waals surface area contributed by atoms with Crippen LogP contribution in [0.1, 0.15) is 24.8 Å². The molecule has 1 aromatic rings. The van der Waals surface area contributed by atoms with E-state index in [0.717, 1.165) is 44.5 Å². The highest BCUT2D eigenvalue weighted by atomic mass is 35.5. The molecule has 6 heteroatoms. The van der Waals surface area contributed by atoms with Gasteiger partial charge < -0.3 is 20.1 Å². The van der Waals surface area contributed by atoms with E-state index in [9.17, 15) is 9.90 Å². The molecule has 0 radical (unpaired) electrons. The molecule has 0 atom stereocenters. The lowest BCUT2D eigenvalue weighted by molar-refractivity contribution is -0.120. The molecule has 23 heavy (non-hydrogen) atoms. The van der Waals surface area contributed by atoms with Crippen molar-refractivity contribution >= 4 is 17.5 Å². The van der Waals surface area contributed by atoms with Crippen molar-refractivity contribution < 1.29 is 14.6 Å². The third-order valence-electron chi connectivity index (χ3n) is 4.12. The van der Waals surface area contributed by atoms with E-state index in [-0.39, 0.29) is 18.4 Å². The highest BCUT2D eigenvalue weighted by molar-refractivity contribution is 6.30. The van der Waals surface area contributed by atoms with E-state index in [4.69, 9.17) is 16.3 Å². The average Bonchev–Trinajstić information content (AvgIpc) is 2.53. The lowest BCUT2D eigenvalue weighted by Gasteiger charge is -2.29. The standard InChI is InChI=1S/C17H25ClN2O3/c1-23-16-4-3-14(18)11-13(16)12-17(22)19-7-2-8-20-9-5-15(21)6-10-20/h3-4,11,15,21H,2,5-10,12H2,1H3,(H,19,22). The van der Waals surface area contributed by atoms with Crippen LogP contribution in [0.2, 0.25) is 5.02 Å². The summed E-state index contributed by atoms with van der Waals surface area (Å²) in [6.07, 6.45) is 2.73. The van der Waals surface area contributed by atoms with Crippen LogP contribution >= 0.6 is 11.6 Å². The molecule has 1 fully saturated rings. The zero-order chi connectivity index (χ0) is 16.7. The van der Waals surface area contributed by atoms with Crippen molar-refractivity contribution in [2.24, 2.45) is 0 Å². The first kappa shape index (κ1) is 18.0. The summed E-state index contributed by atoms with van der Waals surface area (Å²) in [6, 6.07) is 5.28. The van der Waals surface area contributed by atoms with Crippen LogP contribution in [-0.4, -0.2) is 55.3 Å². The third kappa shape index (κ3) is 6.01. The molecule has 2 rings (SSSR count). The predicted molar refractivity (Wildman–Crippen MR) is 91.0 cm³/mol. The molecule has 1 aliphatic heterocycles. The Morgan fingerprint density at radius 2 is 2.17 bits per heavy atom. The Morgan fingerprint density at radius 1 is 1.43 bits per heavy atom. The van der Waals surface area contributed by atoms with E-state index in [2.05, 4.69) is 10.2 Å². The van der Waals surface area contributed by atoms with Crippen molar-refractivity contribution in [3.05, 3.63) is 28.8 Å². The van der Waals surface area contributed by atoms with Crippen molar-refractivity contribution in [3.63, 3.8) is 0 Å². The lowest BCUT2D eigenvalue weighted by atomic mass is 10.1. The van der Waals surface area contributed by atoms with Gasteiger partial charge in [0.1, 0.15) is 5.75 Å². The fraction of sp³-hybridized carbons (Fsp3) is 0.588. The SMILES string of the molecule is COc1ccc(Cl)cc1CC(=O)NCCCN1CCC(O)CC1. The molecule has 0 aromatic heterocycles. The average molecular weight is 341 g/mol. The van der Waals surface area contributed by atoms with Gasteiger partial charge in [0.15, 0.2) is 0 Å². The molecule has 2 N–H and O–H groups in total. The number of nitrogens with one attached hydrogen (secondary N) is 1. The number of hydrogen-bond acceptors (Lipinski definition) is 4. The van der Waals surface area contributed by atoms with Crippen LogP contribution in [0.25, 0.3) is 0 Å². The van der Waals surface area contributed by atoms with E-state index in [1.807, 2.05) is 0 Å². The number of likely N-dealkylation sites (tertiary alicyclic amines) is 1. The summed E-state index contributed by atoms with van der Waals surface area (Å²) in [6.45, 7) is 3.48. The van der Waals surface area contributed by atoms with Crippen LogP contribution in [0.4, 0.5) is 0 Å². The maximum Gasteiger partial charge on any atom is 0.224 e. The van der Waals surface area contributed by atoms with Crippen molar-refractivity contribution in [3.8, 4) is 5.75 Å². The van der Waals surface area contributed by atoms with Crippen molar-refractivity contribution in [1.29, 1.82) is 0 Å². The van der Waals surface area contributed by atoms with Gasteiger partial charge in [-0.3, -0.25) is 4.79 Å². The second kappa shape index (κ2) is 9.11. The number of benzene rings is 1. The molecule has 1 amide bonds. The Morgan fingerprint density at radius 3 is 2.87 bits per heavy atom. The van der Waals surface area contributed by atoms with E-state index in [0.29, 0.717) is 17.3 Å². The summed E-state index contributed by atoms with van der Waals surface area (Å²) in [5, 5.41) is 13.0. The number of carbonyl (C=O) groups is 1. The Balaban J connectivity index is 1.68. The van der Waals surface area contributed by atoms with E-state index < -0.39 is 0 Å². The molecule has 0 unspecified atom stereocenters. The van der Waals surface area contributed by atoms with Crippen LogP contribution in [0.5, 0.6) is 5.75 Å². The number of ether oxygens (including phenoxy) is 1. The number of amides is 1. The number of methoxy groups -OCH3 is 1. The van der Waals surface area contributed by atoms with Crippen molar-refractivity contribution in [2.45, 2.75) is 31.8 Å². The quantitative estimate of drug-likeness (QED) is 0.744. The number of aliphatic hydroxyl groups excluding tert-OH is 1. The van der Waals surface area contributed by atoms with E-state index >= 15 is 0 Å². The molecule has 0 spiro atoms. The number of halogens is 1. The molecule has 0 aliphatic carbocycles. The molecule has 128 valence electrons. The summed E-state index contributed by atoms with van der Waals surface area (Å²) >= 11 is 5.97. The molecule has 0 saturated carbocycles. The molecular weight excluding hydrogens is 316 g/mol. The van der Waals surface area contributed by atoms with Crippen LogP contribution in [0, 0.1) is 0 Å². The Bertz CT molecular complexity index is 517. The van der Waals surface area contributed by atoms with Gasteiger partial charge in [-0.2, -0.15) is 0 Å². The van der Waals surface area contributed by atoms with Gasteiger partial charge in [-0.05, 0) is 44.0 Å². The zero-order valence-electron chi connectivity index (χ0n) is 13.6. The topological polar surface area (TPSA) is 61.8 Å². The molecule has 5 nitrogen and oxygen atoms in total. The van der Waals surface area contributed by atoms with Gasteiger partial charge in [-0.15, -0.1) is 0 Å². The Labute approximate surface area is 142 Å². The second-order valence-electron chi connectivity index (χ2n) is 5.91.